The van der Waals surface area contributed by atoms with Gasteiger partial charge in [-0.3, -0.25) is 0 Å². The third-order valence-electron chi connectivity index (χ3n) is 5.96. The van der Waals surface area contributed by atoms with E-state index in [1.54, 1.807) is 12.1 Å². The molecule has 0 aromatic heterocycles. The lowest BCUT2D eigenvalue weighted by Gasteiger charge is -2.22. The second-order valence-corrected chi connectivity index (χ2v) is 8.31. The van der Waals surface area contributed by atoms with Crippen molar-refractivity contribution in [2.45, 2.75) is 51.9 Å². The number of aryl methyl sites for hydroxylation is 1. The summed E-state index contributed by atoms with van der Waals surface area (Å²) < 4.78 is 49.2. The first-order valence-corrected chi connectivity index (χ1v) is 11.2. The molecule has 0 aliphatic heterocycles. The summed E-state index contributed by atoms with van der Waals surface area (Å²) in [5.74, 6) is -1.39. The van der Waals surface area contributed by atoms with E-state index < -0.39 is 17.5 Å². The topological polar surface area (TPSA) is 9.23 Å². The molecule has 2 unspecified atom stereocenters. The van der Waals surface area contributed by atoms with Crippen molar-refractivity contribution in [2.24, 2.45) is 11.8 Å². The molecule has 1 aliphatic rings. The van der Waals surface area contributed by atoms with Crippen LogP contribution in [-0.2, 0) is 6.42 Å². The highest BCUT2D eigenvalue weighted by Crippen LogP contribution is 2.31. The molecular formula is C27H31F3O. The van der Waals surface area contributed by atoms with Gasteiger partial charge in [-0.05, 0) is 67.7 Å². The van der Waals surface area contributed by atoms with E-state index in [0.717, 1.165) is 38.5 Å². The lowest BCUT2D eigenvalue weighted by molar-refractivity contribution is 0.245. The first-order chi connectivity index (χ1) is 15.0. The van der Waals surface area contributed by atoms with Crippen molar-refractivity contribution in [3.8, 4) is 16.9 Å². The second-order valence-electron chi connectivity index (χ2n) is 8.31. The van der Waals surface area contributed by atoms with Crippen LogP contribution < -0.4 is 4.74 Å². The average Bonchev–Trinajstić information content (AvgIpc) is 2.78. The summed E-state index contributed by atoms with van der Waals surface area (Å²) in [6, 6.07) is 7.38. The zero-order valence-corrected chi connectivity index (χ0v) is 18.2. The Balaban J connectivity index is 1.64. The lowest BCUT2D eigenvalue weighted by atomic mass is 9.86. The molecule has 0 spiro atoms. The van der Waals surface area contributed by atoms with Gasteiger partial charge in [0.1, 0.15) is 0 Å². The van der Waals surface area contributed by atoms with E-state index in [-0.39, 0.29) is 17.2 Å². The van der Waals surface area contributed by atoms with Gasteiger partial charge in [-0.2, -0.15) is 0 Å². The van der Waals surface area contributed by atoms with Gasteiger partial charge in [0.25, 0.3) is 0 Å². The van der Waals surface area contributed by atoms with Crippen LogP contribution in [0, 0.1) is 29.3 Å². The van der Waals surface area contributed by atoms with E-state index in [0.29, 0.717) is 30.1 Å². The molecule has 0 saturated carbocycles. The van der Waals surface area contributed by atoms with Gasteiger partial charge in [-0.1, -0.05) is 49.8 Å². The number of rotatable bonds is 10. The molecule has 2 aromatic carbocycles. The average molecular weight is 429 g/mol. The number of ether oxygens (including phenoxy) is 1. The Morgan fingerprint density at radius 2 is 1.81 bits per heavy atom. The van der Waals surface area contributed by atoms with Crippen LogP contribution in [0.5, 0.6) is 5.75 Å². The summed E-state index contributed by atoms with van der Waals surface area (Å²) >= 11 is 0. The Morgan fingerprint density at radius 1 is 1.03 bits per heavy atom. The number of benzene rings is 2. The number of halogens is 3. The van der Waals surface area contributed by atoms with Gasteiger partial charge >= 0.3 is 0 Å². The number of allylic oxidation sites excluding steroid dienone is 2. The molecule has 0 radical (unpaired) electrons. The van der Waals surface area contributed by atoms with Gasteiger partial charge in [0.15, 0.2) is 23.2 Å². The van der Waals surface area contributed by atoms with Crippen molar-refractivity contribution in [3.05, 3.63) is 78.2 Å². The second kappa shape index (κ2) is 11.2. The molecule has 0 amide bonds. The summed E-state index contributed by atoms with van der Waals surface area (Å²) in [5.41, 5.74) is 0.714. The zero-order valence-electron chi connectivity index (χ0n) is 18.2. The van der Waals surface area contributed by atoms with Crippen LogP contribution in [0.2, 0.25) is 0 Å². The number of hydrogen-bond donors (Lipinski definition) is 0. The summed E-state index contributed by atoms with van der Waals surface area (Å²) in [4.78, 5) is 0. The van der Waals surface area contributed by atoms with Crippen molar-refractivity contribution < 1.29 is 17.9 Å². The standard InChI is InChI=1S/C27H31F3O/c1-3-5-7-19-9-11-20(12-10-19)18-31-25-16-14-22(17-24(25)28)23-15-13-21(8-6-4-2)26(29)27(23)30/h3,9,11,13-17,19-20H,1,4-8,10,12,18H2,2H3. The molecule has 0 saturated heterocycles. The molecule has 2 aromatic rings. The van der Waals surface area contributed by atoms with Gasteiger partial charge in [0.05, 0.1) is 6.61 Å². The van der Waals surface area contributed by atoms with Crippen molar-refractivity contribution in [2.75, 3.05) is 6.61 Å². The highest BCUT2D eigenvalue weighted by atomic mass is 19.2. The minimum atomic E-state index is -0.931. The minimum Gasteiger partial charge on any atom is -0.490 e. The van der Waals surface area contributed by atoms with Crippen molar-refractivity contribution in [1.82, 2.24) is 0 Å². The summed E-state index contributed by atoms with van der Waals surface area (Å²) in [6.07, 6.45) is 12.7. The highest BCUT2D eigenvalue weighted by molar-refractivity contribution is 5.65. The molecule has 31 heavy (non-hydrogen) atoms. The van der Waals surface area contributed by atoms with E-state index in [2.05, 4.69) is 18.7 Å². The normalized spacial score (nSPS) is 18.2. The predicted molar refractivity (Wildman–Crippen MR) is 121 cm³/mol. The molecule has 4 heteroatoms. The van der Waals surface area contributed by atoms with Crippen molar-refractivity contribution in [1.29, 1.82) is 0 Å². The molecule has 0 N–H and O–H groups in total. The van der Waals surface area contributed by atoms with E-state index in [4.69, 9.17) is 4.74 Å². The van der Waals surface area contributed by atoms with Gasteiger partial charge in [-0.25, -0.2) is 13.2 Å². The van der Waals surface area contributed by atoms with E-state index in [1.165, 1.54) is 18.2 Å². The quantitative estimate of drug-likeness (QED) is 0.348. The first-order valence-electron chi connectivity index (χ1n) is 11.2. The third-order valence-corrected chi connectivity index (χ3v) is 5.96. The molecular weight excluding hydrogens is 397 g/mol. The Hall–Kier alpha value is -2.49. The lowest BCUT2D eigenvalue weighted by Crippen LogP contribution is -2.16. The fourth-order valence-electron chi connectivity index (χ4n) is 4.00. The molecule has 3 rings (SSSR count). The van der Waals surface area contributed by atoms with Crippen LogP contribution in [0.3, 0.4) is 0 Å². The van der Waals surface area contributed by atoms with Gasteiger partial charge in [-0.15, -0.1) is 6.58 Å². The maximum atomic E-state index is 14.6. The van der Waals surface area contributed by atoms with Crippen LogP contribution in [0.15, 0.2) is 55.1 Å². The fraction of sp³-hybridized carbons (Fsp3) is 0.407. The summed E-state index contributed by atoms with van der Waals surface area (Å²) in [5, 5.41) is 0. The molecule has 0 heterocycles. The maximum Gasteiger partial charge on any atom is 0.166 e. The Morgan fingerprint density at radius 3 is 2.48 bits per heavy atom. The monoisotopic (exact) mass is 428 g/mol. The van der Waals surface area contributed by atoms with Crippen molar-refractivity contribution >= 4 is 0 Å². The number of hydrogen-bond acceptors (Lipinski definition) is 1. The Bertz CT molecular complexity index is 919. The molecule has 0 fully saturated rings. The van der Waals surface area contributed by atoms with Gasteiger partial charge in [0.2, 0.25) is 0 Å². The van der Waals surface area contributed by atoms with E-state index >= 15 is 0 Å². The Labute approximate surface area is 183 Å². The number of unbranched alkanes of at least 4 members (excludes halogenated alkanes) is 1. The van der Waals surface area contributed by atoms with Crippen LogP contribution in [-0.4, -0.2) is 6.61 Å². The maximum absolute atomic E-state index is 14.6. The van der Waals surface area contributed by atoms with Gasteiger partial charge < -0.3 is 4.74 Å². The molecule has 1 aliphatic carbocycles. The predicted octanol–water partition coefficient (Wildman–Crippen LogP) is 8.04. The van der Waals surface area contributed by atoms with Crippen LogP contribution in [0.1, 0.15) is 51.0 Å². The summed E-state index contributed by atoms with van der Waals surface area (Å²) in [6.45, 7) is 6.16. The third kappa shape index (κ3) is 6.03. The molecule has 0 bridgehead atoms. The molecule has 2 atom stereocenters. The zero-order chi connectivity index (χ0) is 22.2. The van der Waals surface area contributed by atoms with Crippen molar-refractivity contribution in [3.63, 3.8) is 0 Å². The Kier molecular flexibility index (Phi) is 8.39. The molecule has 166 valence electrons. The fourth-order valence-corrected chi connectivity index (χ4v) is 4.00. The SMILES string of the molecule is C=CCCC1C=CC(COc2ccc(-c3ccc(CCCC)c(F)c3F)cc2F)CC1. The van der Waals surface area contributed by atoms with Crippen LogP contribution >= 0.6 is 0 Å². The van der Waals surface area contributed by atoms with E-state index in [9.17, 15) is 13.2 Å². The van der Waals surface area contributed by atoms with E-state index in [1.807, 2.05) is 13.0 Å². The van der Waals surface area contributed by atoms with Crippen LogP contribution in [0.25, 0.3) is 11.1 Å². The van der Waals surface area contributed by atoms with Crippen LogP contribution in [0.4, 0.5) is 13.2 Å². The smallest absolute Gasteiger partial charge is 0.166 e. The minimum absolute atomic E-state index is 0.0592. The molecule has 1 nitrogen and oxygen atoms in total. The summed E-state index contributed by atoms with van der Waals surface area (Å²) in [7, 11) is 0. The van der Waals surface area contributed by atoms with Gasteiger partial charge in [0, 0.05) is 11.5 Å². The first kappa shape index (κ1) is 23.2. The largest absolute Gasteiger partial charge is 0.490 e. The highest BCUT2D eigenvalue weighted by Gasteiger charge is 2.18.